The summed E-state index contributed by atoms with van der Waals surface area (Å²) in [6, 6.07) is 9.27. The molecule has 1 N–H and O–H groups in total. The third-order valence-corrected chi connectivity index (χ3v) is 3.40. The van der Waals surface area contributed by atoms with Gasteiger partial charge in [-0.05, 0) is 26.3 Å². The van der Waals surface area contributed by atoms with Crippen LogP contribution < -0.4 is 0 Å². The maximum absolute atomic E-state index is 12.4. The summed E-state index contributed by atoms with van der Waals surface area (Å²) < 4.78 is 1.94. The maximum Gasteiger partial charge on any atom is 0.194 e. The number of hydrogen-bond acceptors (Lipinski definition) is 2. The lowest BCUT2D eigenvalue weighted by Crippen LogP contribution is -2.12. The van der Waals surface area contributed by atoms with Crippen LogP contribution in [0.4, 0.5) is 0 Å². The van der Waals surface area contributed by atoms with E-state index in [0.717, 1.165) is 11.3 Å². The van der Waals surface area contributed by atoms with Crippen LogP contribution in [0.5, 0.6) is 0 Å². The topological polar surface area (TPSA) is 42.2 Å². The van der Waals surface area contributed by atoms with Gasteiger partial charge in [-0.1, -0.05) is 30.3 Å². The van der Waals surface area contributed by atoms with Crippen molar-refractivity contribution in [2.24, 2.45) is 0 Å². The molecule has 1 aromatic heterocycles. The van der Waals surface area contributed by atoms with Gasteiger partial charge in [0, 0.05) is 29.6 Å². The fourth-order valence-electron chi connectivity index (χ4n) is 2.21. The molecular weight excluding hydrogens is 238 g/mol. The highest BCUT2D eigenvalue weighted by Gasteiger charge is 2.17. The molecule has 3 heteroatoms. The molecular formula is C16H19NO2. The van der Waals surface area contributed by atoms with E-state index in [-0.39, 0.29) is 5.78 Å². The molecule has 19 heavy (non-hydrogen) atoms. The van der Waals surface area contributed by atoms with Gasteiger partial charge >= 0.3 is 0 Å². The van der Waals surface area contributed by atoms with E-state index in [9.17, 15) is 9.90 Å². The fourth-order valence-corrected chi connectivity index (χ4v) is 2.21. The summed E-state index contributed by atoms with van der Waals surface area (Å²) in [5.41, 5.74) is 3.42. The molecule has 0 aliphatic rings. The largest absolute Gasteiger partial charge is 0.392 e. The van der Waals surface area contributed by atoms with Crippen LogP contribution in [0.2, 0.25) is 0 Å². The SMILES string of the molecule is Cc1c(C(=O)c2ccccc2)cn(CC(C)O)c1C. The molecule has 2 rings (SSSR count). The molecule has 0 bridgehead atoms. The lowest BCUT2D eigenvalue weighted by Gasteiger charge is -2.08. The zero-order valence-corrected chi connectivity index (χ0v) is 11.6. The van der Waals surface area contributed by atoms with Crippen LogP contribution in [0, 0.1) is 13.8 Å². The zero-order chi connectivity index (χ0) is 14.0. The van der Waals surface area contributed by atoms with Gasteiger partial charge in [0.05, 0.1) is 6.10 Å². The minimum Gasteiger partial charge on any atom is -0.392 e. The van der Waals surface area contributed by atoms with Gasteiger partial charge in [0.1, 0.15) is 0 Å². The Bertz CT molecular complexity index is 582. The Morgan fingerprint density at radius 1 is 1.26 bits per heavy atom. The second-order valence-corrected chi connectivity index (χ2v) is 4.95. The van der Waals surface area contributed by atoms with Crippen molar-refractivity contribution >= 4 is 5.78 Å². The highest BCUT2D eigenvalue weighted by molar-refractivity contribution is 6.10. The Hall–Kier alpha value is -1.87. The van der Waals surface area contributed by atoms with Crippen LogP contribution in [0.25, 0.3) is 0 Å². The van der Waals surface area contributed by atoms with E-state index in [0.29, 0.717) is 17.7 Å². The molecule has 1 atom stereocenters. The van der Waals surface area contributed by atoms with E-state index in [4.69, 9.17) is 0 Å². The maximum atomic E-state index is 12.4. The van der Waals surface area contributed by atoms with Crippen LogP contribution in [0.15, 0.2) is 36.5 Å². The number of carbonyl (C=O) groups excluding carboxylic acids is 1. The number of benzene rings is 1. The smallest absolute Gasteiger partial charge is 0.194 e. The van der Waals surface area contributed by atoms with E-state index in [1.54, 1.807) is 6.92 Å². The number of rotatable bonds is 4. The summed E-state index contributed by atoms with van der Waals surface area (Å²) in [6.07, 6.45) is 1.41. The minimum atomic E-state index is -0.426. The monoisotopic (exact) mass is 257 g/mol. The predicted molar refractivity (Wildman–Crippen MR) is 75.5 cm³/mol. The molecule has 1 aromatic carbocycles. The second-order valence-electron chi connectivity index (χ2n) is 4.95. The predicted octanol–water partition coefficient (Wildman–Crippen LogP) is 2.72. The van der Waals surface area contributed by atoms with Gasteiger partial charge in [0.2, 0.25) is 0 Å². The van der Waals surface area contributed by atoms with E-state index in [1.165, 1.54) is 0 Å². The van der Waals surface area contributed by atoms with Crippen LogP contribution in [0.3, 0.4) is 0 Å². The average Bonchev–Trinajstić information content (AvgIpc) is 2.67. The number of carbonyl (C=O) groups is 1. The van der Waals surface area contributed by atoms with Crippen molar-refractivity contribution in [2.45, 2.75) is 33.4 Å². The van der Waals surface area contributed by atoms with Gasteiger partial charge < -0.3 is 9.67 Å². The molecule has 1 heterocycles. The molecule has 100 valence electrons. The quantitative estimate of drug-likeness (QED) is 0.856. The van der Waals surface area contributed by atoms with Crippen LogP contribution >= 0.6 is 0 Å². The molecule has 2 aromatic rings. The Balaban J connectivity index is 2.38. The van der Waals surface area contributed by atoms with E-state index >= 15 is 0 Å². The van der Waals surface area contributed by atoms with Gasteiger partial charge in [-0.2, -0.15) is 0 Å². The molecule has 0 saturated heterocycles. The lowest BCUT2D eigenvalue weighted by molar-refractivity contribution is 0.103. The molecule has 0 aliphatic carbocycles. The van der Waals surface area contributed by atoms with Crippen molar-refractivity contribution in [3.63, 3.8) is 0 Å². The first-order chi connectivity index (χ1) is 9.00. The normalized spacial score (nSPS) is 12.4. The van der Waals surface area contributed by atoms with E-state index in [1.807, 2.05) is 54.9 Å². The number of hydrogen-bond donors (Lipinski definition) is 1. The number of aliphatic hydroxyl groups excluding tert-OH is 1. The van der Waals surface area contributed by atoms with Gasteiger partial charge in [-0.25, -0.2) is 0 Å². The summed E-state index contributed by atoms with van der Waals surface area (Å²) >= 11 is 0. The van der Waals surface area contributed by atoms with E-state index in [2.05, 4.69) is 0 Å². The first-order valence-electron chi connectivity index (χ1n) is 6.45. The fraction of sp³-hybridized carbons (Fsp3) is 0.312. The molecule has 1 unspecified atom stereocenters. The van der Waals surface area contributed by atoms with Crippen molar-refractivity contribution in [1.82, 2.24) is 4.57 Å². The third kappa shape index (κ3) is 2.76. The first kappa shape index (κ1) is 13.6. The highest BCUT2D eigenvalue weighted by Crippen LogP contribution is 2.20. The Labute approximate surface area is 113 Å². The molecule has 0 radical (unpaired) electrons. The Kier molecular flexibility index (Phi) is 3.86. The number of nitrogens with zero attached hydrogens (tertiary/aromatic N) is 1. The summed E-state index contributed by atoms with van der Waals surface area (Å²) in [5, 5.41) is 9.48. The summed E-state index contributed by atoms with van der Waals surface area (Å²) in [6.45, 7) is 6.17. The average molecular weight is 257 g/mol. The molecule has 0 aliphatic heterocycles. The molecule has 0 saturated carbocycles. The van der Waals surface area contributed by atoms with Crippen molar-refractivity contribution in [3.05, 3.63) is 58.9 Å². The number of aliphatic hydroxyl groups is 1. The summed E-state index contributed by atoms with van der Waals surface area (Å²) in [4.78, 5) is 12.4. The van der Waals surface area contributed by atoms with Crippen molar-refractivity contribution in [2.75, 3.05) is 0 Å². The van der Waals surface area contributed by atoms with Crippen LogP contribution in [-0.2, 0) is 6.54 Å². The lowest BCUT2D eigenvalue weighted by atomic mass is 10.0. The van der Waals surface area contributed by atoms with Crippen LogP contribution in [0.1, 0.15) is 34.1 Å². The van der Waals surface area contributed by atoms with Crippen molar-refractivity contribution < 1.29 is 9.90 Å². The van der Waals surface area contributed by atoms with E-state index < -0.39 is 6.10 Å². The third-order valence-electron chi connectivity index (χ3n) is 3.40. The Morgan fingerprint density at radius 2 is 1.89 bits per heavy atom. The van der Waals surface area contributed by atoms with Crippen LogP contribution in [-0.4, -0.2) is 21.6 Å². The molecule has 0 spiro atoms. The highest BCUT2D eigenvalue weighted by atomic mass is 16.3. The van der Waals surface area contributed by atoms with Gasteiger partial charge in [-0.3, -0.25) is 4.79 Å². The van der Waals surface area contributed by atoms with Crippen molar-refractivity contribution in [3.8, 4) is 0 Å². The van der Waals surface area contributed by atoms with Gasteiger partial charge in [-0.15, -0.1) is 0 Å². The molecule has 0 fully saturated rings. The van der Waals surface area contributed by atoms with Crippen molar-refractivity contribution in [1.29, 1.82) is 0 Å². The standard InChI is InChI=1S/C16H19NO2/c1-11(18)9-17-10-15(12(2)13(17)3)16(19)14-7-5-4-6-8-14/h4-8,10-11,18H,9H2,1-3H3. The molecule has 0 amide bonds. The van der Waals surface area contributed by atoms with Gasteiger partial charge in [0.25, 0.3) is 0 Å². The molecule has 3 nitrogen and oxygen atoms in total. The Morgan fingerprint density at radius 3 is 2.47 bits per heavy atom. The van der Waals surface area contributed by atoms with Gasteiger partial charge in [0.15, 0.2) is 5.78 Å². The first-order valence-corrected chi connectivity index (χ1v) is 6.45. The summed E-state index contributed by atoms with van der Waals surface area (Å²) in [5.74, 6) is 0.0329. The zero-order valence-electron chi connectivity index (χ0n) is 11.6. The number of aromatic nitrogens is 1. The number of ketones is 1. The minimum absolute atomic E-state index is 0.0329. The second kappa shape index (κ2) is 5.41. The summed E-state index contributed by atoms with van der Waals surface area (Å²) in [7, 11) is 0.